The van der Waals surface area contributed by atoms with Gasteiger partial charge in [-0.3, -0.25) is 4.90 Å². The molecular weight excluding hydrogens is 401 g/mol. The van der Waals surface area contributed by atoms with E-state index in [1.165, 1.54) is 10.9 Å². The molecule has 1 fully saturated rings. The molecule has 0 amide bonds. The molecule has 1 aromatic heterocycles. The highest BCUT2D eigenvalue weighted by Crippen LogP contribution is 2.34. The van der Waals surface area contributed by atoms with Gasteiger partial charge in [-0.1, -0.05) is 23.7 Å². The summed E-state index contributed by atoms with van der Waals surface area (Å²) in [6, 6.07) is 12.8. The van der Waals surface area contributed by atoms with Crippen LogP contribution < -0.4 is 4.74 Å². The van der Waals surface area contributed by atoms with Gasteiger partial charge in [0.15, 0.2) is 6.61 Å². The minimum atomic E-state index is -4.33. The number of rotatable bonds is 5. The molecule has 2 aromatic carbocycles. The van der Waals surface area contributed by atoms with Crippen molar-refractivity contribution in [3.8, 4) is 5.75 Å². The number of alkyl halides is 3. The van der Waals surface area contributed by atoms with Crippen molar-refractivity contribution in [1.29, 1.82) is 0 Å². The SMILES string of the molecule is FC(F)(F)COc1cccc(CN2CCC(c3c[nH]c4ccc(Cl)cc34)CC2)c1. The van der Waals surface area contributed by atoms with Gasteiger partial charge in [-0.15, -0.1) is 0 Å². The Labute approximate surface area is 172 Å². The lowest BCUT2D eigenvalue weighted by molar-refractivity contribution is -0.153. The maximum absolute atomic E-state index is 12.3. The molecule has 0 radical (unpaired) electrons. The van der Waals surface area contributed by atoms with Gasteiger partial charge < -0.3 is 9.72 Å². The van der Waals surface area contributed by atoms with Gasteiger partial charge in [-0.25, -0.2) is 0 Å². The molecule has 3 aromatic rings. The zero-order chi connectivity index (χ0) is 20.4. The van der Waals surface area contributed by atoms with Crippen LogP contribution in [-0.4, -0.2) is 35.8 Å². The number of H-pyrrole nitrogens is 1. The lowest BCUT2D eigenvalue weighted by Crippen LogP contribution is -2.32. The van der Waals surface area contributed by atoms with E-state index in [2.05, 4.69) is 16.1 Å². The molecule has 0 bridgehead atoms. The molecule has 0 saturated carbocycles. The first kappa shape index (κ1) is 20.1. The van der Waals surface area contributed by atoms with E-state index < -0.39 is 12.8 Å². The molecule has 0 unspecified atom stereocenters. The second-order valence-corrected chi connectivity index (χ2v) is 7.97. The first-order valence-electron chi connectivity index (χ1n) is 9.65. The second kappa shape index (κ2) is 8.28. The third-order valence-electron chi connectivity index (χ3n) is 5.41. The topological polar surface area (TPSA) is 28.3 Å². The smallest absolute Gasteiger partial charge is 0.422 e. The summed E-state index contributed by atoms with van der Waals surface area (Å²) in [4.78, 5) is 5.66. The summed E-state index contributed by atoms with van der Waals surface area (Å²) in [6.45, 7) is 1.31. The third kappa shape index (κ3) is 5.06. The number of piperidine rings is 1. The predicted octanol–water partition coefficient (Wildman–Crippen LogP) is 6.14. The van der Waals surface area contributed by atoms with Crippen LogP contribution in [0, 0.1) is 0 Å². The van der Waals surface area contributed by atoms with Crippen molar-refractivity contribution in [3.63, 3.8) is 0 Å². The van der Waals surface area contributed by atoms with Crippen molar-refractivity contribution in [3.05, 3.63) is 64.8 Å². The van der Waals surface area contributed by atoms with Crippen LogP contribution in [0.2, 0.25) is 5.02 Å². The molecular formula is C22H22ClF3N2O. The molecule has 29 heavy (non-hydrogen) atoms. The summed E-state index contributed by atoms with van der Waals surface area (Å²) in [6.07, 6.45) is -0.180. The Morgan fingerprint density at radius 3 is 2.66 bits per heavy atom. The van der Waals surface area contributed by atoms with Crippen LogP contribution in [0.25, 0.3) is 10.9 Å². The monoisotopic (exact) mass is 422 g/mol. The Balaban J connectivity index is 1.36. The maximum atomic E-state index is 12.3. The van der Waals surface area contributed by atoms with Gasteiger partial charge in [0.1, 0.15) is 5.75 Å². The Morgan fingerprint density at radius 2 is 1.90 bits per heavy atom. The van der Waals surface area contributed by atoms with E-state index >= 15 is 0 Å². The number of aromatic nitrogens is 1. The van der Waals surface area contributed by atoms with Crippen LogP contribution in [0.4, 0.5) is 13.2 Å². The van der Waals surface area contributed by atoms with Gasteiger partial charge in [0.05, 0.1) is 0 Å². The van der Waals surface area contributed by atoms with Crippen molar-refractivity contribution >= 4 is 22.5 Å². The predicted molar refractivity (Wildman–Crippen MR) is 109 cm³/mol. The highest BCUT2D eigenvalue weighted by Gasteiger charge is 2.28. The third-order valence-corrected chi connectivity index (χ3v) is 5.65. The van der Waals surface area contributed by atoms with Crippen molar-refractivity contribution in [2.45, 2.75) is 31.5 Å². The average Bonchev–Trinajstić information content (AvgIpc) is 3.10. The standard InChI is InChI=1S/C22H22ClF3N2O/c23-17-4-5-21-19(11-17)20(12-27-21)16-6-8-28(9-7-16)13-15-2-1-3-18(10-15)29-14-22(24,25)26/h1-5,10-12,16,27H,6-9,13-14H2. The number of hydrogen-bond donors (Lipinski definition) is 1. The molecule has 0 spiro atoms. The Kier molecular flexibility index (Phi) is 5.74. The molecule has 0 aliphatic carbocycles. The second-order valence-electron chi connectivity index (χ2n) is 7.54. The van der Waals surface area contributed by atoms with Crippen molar-refractivity contribution < 1.29 is 17.9 Å². The van der Waals surface area contributed by atoms with E-state index in [1.54, 1.807) is 18.2 Å². The zero-order valence-electron chi connectivity index (χ0n) is 15.8. The molecule has 7 heteroatoms. The van der Waals surface area contributed by atoms with E-state index in [0.29, 0.717) is 12.5 Å². The summed E-state index contributed by atoms with van der Waals surface area (Å²) in [5, 5.41) is 1.92. The number of fused-ring (bicyclic) bond motifs is 1. The Morgan fingerprint density at radius 1 is 1.10 bits per heavy atom. The molecule has 4 rings (SSSR count). The number of ether oxygens (including phenoxy) is 1. The minimum Gasteiger partial charge on any atom is -0.484 e. The fourth-order valence-corrected chi connectivity index (χ4v) is 4.18. The lowest BCUT2D eigenvalue weighted by atomic mass is 9.89. The van der Waals surface area contributed by atoms with Crippen LogP contribution in [0.5, 0.6) is 5.75 Å². The Bertz CT molecular complexity index is 978. The maximum Gasteiger partial charge on any atom is 0.422 e. The largest absolute Gasteiger partial charge is 0.484 e. The summed E-state index contributed by atoms with van der Waals surface area (Å²) < 4.78 is 41.9. The number of halogens is 4. The molecule has 0 atom stereocenters. The van der Waals surface area contributed by atoms with E-state index in [-0.39, 0.29) is 5.75 Å². The Hall–Kier alpha value is -2.18. The molecule has 3 nitrogen and oxygen atoms in total. The van der Waals surface area contributed by atoms with Crippen LogP contribution in [0.1, 0.15) is 29.9 Å². The number of benzene rings is 2. The fourth-order valence-electron chi connectivity index (χ4n) is 4.01. The van der Waals surface area contributed by atoms with Gasteiger partial charge in [0, 0.05) is 28.7 Å². The van der Waals surface area contributed by atoms with Crippen LogP contribution in [0.3, 0.4) is 0 Å². The van der Waals surface area contributed by atoms with Crippen molar-refractivity contribution in [2.24, 2.45) is 0 Å². The van der Waals surface area contributed by atoms with E-state index in [0.717, 1.165) is 42.0 Å². The van der Waals surface area contributed by atoms with E-state index in [9.17, 15) is 13.2 Å². The fraction of sp³-hybridized carbons (Fsp3) is 0.364. The quantitative estimate of drug-likeness (QED) is 0.534. The number of nitrogens with one attached hydrogen (secondary N) is 1. The number of hydrogen-bond acceptors (Lipinski definition) is 2. The first-order valence-corrected chi connectivity index (χ1v) is 10.0. The van der Waals surface area contributed by atoms with Gasteiger partial charge in [0.2, 0.25) is 0 Å². The zero-order valence-corrected chi connectivity index (χ0v) is 16.6. The highest BCUT2D eigenvalue weighted by molar-refractivity contribution is 6.31. The van der Waals surface area contributed by atoms with Gasteiger partial charge in [-0.05, 0) is 73.3 Å². The normalized spacial score (nSPS) is 16.4. The lowest BCUT2D eigenvalue weighted by Gasteiger charge is -2.32. The summed E-state index contributed by atoms with van der Waals surface area (Å²) in [5.74, 6) is 0.727. The van der Waals surface area contributed by atoms with E-state index in [1.807, 2.05) is 24.3 Å². The molecule has 2 heterocycles. The number of nitrogens with zero attached hydrogens (tertiary/aromatic N) is 1. The summed E-state index contributed by atoms with van der Waals surface area (Å²) in [7, 11) is 0. The van der Waals surface area contributed by atoms with E-state index in [4.69, 9.17) is 16.3 Å². The van der Waals surface area contributed by atoms with Gasteiger partial charge >= 0.3 is 6.18 Å². The van der Waals surface area contributed by atoms with Crippen molar-refractivity contribution in [1.82, 2.24) is 9.88 Å². The van der Waals surface area contributed by atoms with Crippen LogP contribution >= 0.6 is 11.6 Å². The highest BCUT2D eigenvalue weighted by atomic mass is 35.5. The van der Waals surface area contributed by atoms with Gasteiger partial charge in [-0.2, -0.15) is 13.2 Å². The molecule has 1 saturated heterocycles. The van der Waals surface area contributed by atoms with Crippen LogP contribution in [0.15, 0.2) is 48.7 Å². The number of likely N-dealkylation sites (tertiary alicyclic amines) is 1. The van der Waals surface area contributed by atoms with Crippen molar-refractivity contribution in [2.75, 3.05) is 19.7 Å². The van der Waals surface area contributed by atoms with Crippen LogP contribution in [-0.2, 0) is 6.54 Å². The number of aromatic amines is 1. The first-order chi connectivity index (χ1) is 13.9. The van der Waals surface area contributed by atoms with Gasteiger partial charge in [0.25, 0.3) is 0 Å². The summed E-state index contributed by atoms with van der Waals surface area (Å²) in [5.41, 5.74) is 3.37. The molecule has 1 aliphatic heterocycles. The minimum absolute atomic E-state index is 0.255. The molecule has 1 aliphatic rings. The molecule has 1 N–H and O–H groups in total. The molecule has 154 valence electrons. The average molecular weight is 423 g/mol. The summed E-state index contributed by atoms with van der Waals surface area (Å²) >= 11 is 6.17.